The van der Waals surface area contributed by atoms with Crippen molar-refractivity contribution in [1.29, 1.82) is 0 Å². The highest BCUT2D eigenvalue weighted by molar-refractivity contribution is 5.50. The Morgan fingerprint density at radius 1 is 1.57 bits per heavy atom. The van der Waals surface area contributed by atoms with E-state index in [9.17, 15) is 5.11 Å². The average Bonchev–Trinajstić information content (AvgIpc) is 2.17. The molecule has 1 heterocycles. The second-order valence-corrected chi connectivity index (χ2v) is 3.24. The zero-order chi connectivity index (χ0) is 10.1. The Morgan fingerprint density at radius 2 is 2.36 bits per heavy atom. The number of aliphatic hydroxyl groups is 1. The Hall–Kier alpha value is -1.48. The Labute approximate surface area is 82.6 Å². The number of hydrogen-bond acceptors (Lipinski definition) is 3. The lowest BCUT2D eigenvalue weighted by Crippen LogP contribution is -2.12. The van der Waals surface area contributed by atoms with Crippen LogP contribution in [0, 0.1) is 0 Å². The Kier molecular flexibility index (Phi) is 2.17. The molecule has 1 atom stereocenters. The predicted octanol–water partition coefficient (Wildman–Crippen LogP) is 2.02. The highest BCUT2D eigenvalue weighted by Gasteiger charge is 2.24. The third-order valence-electron chi connectivity index (χ3n) is 2.26. The molecule has 1 unspecified atom stereocenters. The SMILES string of the molecule is C=C1CC(O)c2cccc(OC)c2O1. The smallest absolute Gasteiger partial charge is 0.174 e. The number of hydrogen-bond donors (Lipinski definition) is 1. The summed E-state index contributed by atoms with van der Waals surface area (Å²) in [4.78, 5) is 0. The van der Waals surface area contributed by atoms with Crippen molar-refractivity contribution in [2.45, 2.75) is 12.5 Å². The van der Waals surface area contributed by atoms with Crippen molar-refractivity contribution in [1.82, 2.24) is 0 Å². The summed E-state index contributed by atoms with van der Waals surface area (Å²) in [6.45, 7) is 3.70. The average molecular weight is 192 g/mol. The molecule has 14 heavy (non-hydrogen) atoms. The van der Waals surface area contributed by atoms with Crippen molar-refractivity contribution in [3.05, 3.63) is 36.1 Å². The first-order valence-electron chi connectivity index (χ1n) is 4.43. The summed E-state index contributed by atoms with van der Waals surface area (Å²) in [5, 5.41) is 9.76. The summed E-state index contributed by atoms with van der Waals surface area (Å²) in [5.74, 6) is 1.77. The van der Waals surface area contributed by atoms with E-state index in [1.807, 2.05) is 12.1 Å². The van der Waals surface area contributed by atoms with Crippen LogP contribution < -0.4 is 9.47 Å². The largest absolute Gasteiger partial charge is 0.493 e. The number of methoxy groups -OCH3 is 1. The van der Waals surface area contributed by atoms with Gasteiger partial charge in [-0.2, -0.15) is 0 Å². The summed E-state index contributed by atoms with van der Waals surface area (Å²) < 4.78 is 10.6. The molecule has 0 radical (unpaired) electrons. The van der Waals surface area contributed by atoms with E-state index in [0.29, 0.717) is 23.7 Å². The zero-order valence-electron chi connectivity index (χ0n) is 7.99. The van der Waals surface area contributed by atoms with Crippen molar-refractivity contribution in [2.75, 3.05) is 7.11 Å². The first kappa shape index (κ1) is 9.09. The van der Waals surface area contributed by atoms with Crippen molar-refractivity contribution in [3.8, 4) is 11.5 Å². The number of rotatable bonds is 1. The molecule has 1 N–H and O–H groups in total. The molecule has 74 valence electrons. The maximum Gasteiger partial charge on any atom is 0.174 e. The van der Waals surface area contributed by atoms with Crippen LogP contribution in [0.2, 0.25) is 0 Å². The van der Waals surface area contributed by atoms with Gasteiger partial charge in [0.25, 0.3) is 0 Å². The van der Waals surface area contributed by atoms with Gasteiger partial charge in [-0.25, -0.2) is 0 Å². The molecule has 0 amide bonds. The first-order chi connectivity index (χ1) is 6.72. The van der Waals surface area contributed by atoms with Crippen LogP contribution in [0.5, 0.6) is 11.5 Å². The number of aliphatic hydroxyl groups excluding tert-OH is 1. The summed E-state index contributed by atoms with van der Waals surface area (Å²) in [6, 6.07) is 5.46. The van der Waals surface area contributed by atoms with E-state index in [4.69, 9.17) is 9.47 Å². The van der Waals surface area contributed by atoms with Crippen molar-refractivity contribution in [3.63, 3.8) is 0 Å². The topological polar surface area (TPSA) is 38.7 Å². The van der Waals surface area contributed by atoms with E-state index in [0.717, 1.165) is 5.56 Å². The standard InChI is InChI=1S/C11H12O3/c1-7-6-9(12)8-4-3-5-10(13-2)11(8)14-7/h3-5,9,12H,1,6H2,2H3. The molecule has 3 heteroatoms. The summed E-state index contributed by atoms with van der Waals surface area (Å²) in [7, 11) is 1.57. The minimum absolute atomic E-state index is 0.445. The maximum absolute atomic E-state index is 9.76. The van der Waals surface area contributed by atoms with Crippen LogP contribution >= 0.6 is 0 Å². The van der Waals surface area contributed by atoms with Gasteiger partial charge in [-0.05, 0) is 6.07 Å². The van der Waals surface area contributed by atoms with Crippen LogP contribution in [-0.2, 0) is 0 Å². The molecule has 1 aliphatic heterocycles. The molecule has 2 rings (SSSR count). The fourth-order valence-corrected chi connectivity index (χ4v) is 1.58. The molecule has 0 saturated heterocycles. The van der Waals surface area contributed by atoms with Crippen LogP contribution in [0.15, 0.2) is 30.5 Å². The van der Waals surface area contributed by atoms with E-state index >= 15 is 0 Å². The number of benzene rings is 1. The van der Waals surface area contributed by atoms with E-state index in [1.54, 1.807) is 13.2 Å². The molecule has 0 fully saturated rings. The van der Waals surface area contributed by atoms with Gasteiger partial charge in [0.2, 0.25) is 0 Å². The molecule has 0 bridgehead atoms. The van der Waals surface area contributed by atoms with Gasteiger partial charge in [0.15, 0.2) is 11.5 Å². The lowest BCUT2D eigenvalue weighted by Gasteiger charge is -2.24. The Morgan fingerprint density at radius 3 is 3.07 bits per heavy atom. The van der Waals surface area contributed by atoms with E-state index in [-0.39, 0.29) is 0 Å². The second-order valence-electron chi connectivity index (χ2n) is 3.24. The molecule has 1 aliphatic rings. The summed E-state index contributed by atoms with van der Waals surface area (Å²) in [6.07, 6.45) is -0.0958. The number of ether oxygens (including phenoxy) is 2. The van der Waals surface area contributed by atoms with Crippen LogP contribution in [0.1, 0.15) is 18.1 Å². The summed E-state index contributed by atoms with van der Waals surface area (Å²) in [5.41, 5.74) is 0.761. The van der Waals surface area contributed by atoms with E-state index < -0.39 is 6.10 Å². The fraction of sp³-hybridized carbons (Fsp3) is 0.273. The zero-order valence-corrected chi connectivity index (χ0v) is 7.99. The third-order valence-corrected chi connectivity index (χ3v) is 2.26. The van der Waals surface area contributed by atoms with Crippen molar-refractivity contribution in [2.24, 2.45) is 0 Å². The molecule has 0 spiro atoms. The number of fused-ring (bicyclic) bond motifs is 1. The monoisotopic (exact) mass is 192 g/mol. The van der Waals surface area contributed by atoms with Gasteiger partial charge < -0.3 is 14.6 Å². The van der Waals surface area contributed by atoms with Gasteiger partial charge in [-0.1, -0.05) is 18.7 Å². The third kappa shape index (κ3) is 1.36. The second kappa shape index (κ2) is 3.35. The molecular formula is C11H12O3. The minimum atomic E-state index is -0.540. The van der Waals surface area contributed by atoms with E-state index in [1.165, 1.54) is 0 Å². The van der Waals surface area contributed by atoms with Gasteiger partial charge in [-0.3, -0.25) is 0 Å². The van der Waals surface area contributed by atoms with Crippen molar-refractivity contribution < 1.29 is 14.6 Å². The molecule has 0 aromatic heterocycles. The van der Waals surface area contributed by atoms with Crippen molar-refractivity contribution >= 4 is 0 Å². The Bertz CT molecular complexity index is 371. The fourth-order valence-electron chi connectivity index (χ4n) is 1.58. The summed E-state index contributed by atoms with van der Waals surface area (Å²) >= 11 is 0. The first-order valence-corrected chi connectivity index (χ1v) is 4.43. The van der Waals surface area contributed by atoms with Gasteiger partial charge in [0, 0.05) is 12.0 Å². The normalized spacial score (nSPS) is 19.9. The number of para-hydroxylation sites is 1. The molecule has 1 aromatic carbocycles. The quantitative estimate of drug-likeness (QED) is 0.739. The lowest BCUT2D eigenvalue weighted by molar-refractivity contribution is 0.142. The molecular weight excluding hydrogens is 180 g/mol. The van der Waals surface area contributed by atoms with Crippen LogP contribution in [0.4, 0.5) is 0 Å². The minimum Gasteiger partial charge on any atom is -0.493 e. The molecule has 1 aromatic rings. The molecule has 0 aliphatic carbocycles. The van der Waals surface area contributed by atoms with Gasteiger partial charge in [0.1, 0.15) is 5.76 Å². The van der Waals surface area contributed by atoms with Crippen LogP contribution in [-0.4, -0.2) is 12.2 Å². The molecule has 3 nitrogen and oxygen atoms in total. The van der Waals surface area contributed by atoms with Gasteiger partial charge >= 0.3 is 0 Å². The highest BCUT2D eigenvalue weighted by atomic mass is 16.5. The van der Waals surface area contributed by atoms with Gasteiger partial charge in [0.05, 0.1) is 13.2 Å². The lowest BCUT2D eigenvalue weighted by atomic mass is 10.0. The maximum atomic E-state index is 9.76. The Balaban J connectivity index is 2.52. The van der Waals surface area contributed by atoms with Crippen LogP contribution in [0.3, 0.4) is 0 Å². The van der Waals surface area contributed by atoms with E-state index in [2.05, 4.69) is 6.58 Å². The molecule has 0 saturated carbocycles. The predicted molar refractivity (Wildman–Crippen MR) is 52.3 cm³/mol. The van der Waals surface area contributed by atoms with Crippen LogP contribution in [0.25, 0.3) is 0 Å². The van der Waals surface area contributed by atoms with Gasteiger partial charge in [-0.15, -0.1) is 0 Å². The highest BCUT2D eigenvalue weighted by Crippen LogP contribution is 2.41.